The minimum atomic E-state index is 0.0945. The van der Waals surface area contributed by atoms with Gasteiger partial charge in [0.2, 0.25) is 5.91 Å². The molecule has 1 amide bonds. The van der Waals surface area contributed by atoms with Gasteiger partial charge in [0.1, 0.15) is 0 Å². The van der Waals surface area contributed by atoms with Gasteiger partial charge in [-0.1, -0.05) is 6.07 Å². The summed E-state index contributed by atoms with van der Waals surface area (Å²) in [6.45, 7) is 2.75. The Bertz CT molecular complexity index is 729. The second kappa shape index (κ2) is 7.21. The van der Waals surface area contributed by atoms with Gasteiger partial charge in [-0.3, -0.25) is 4.79 Å². The molecule has 5 nitrogen and oxygen atoms in total. The number of methoxy groups -OCH3 is 2. The lowest BCUT2D eigenvalue weighted by molar-refractivity contribution is -0.131. The number of benzene rings is 1. The largest absolute Gasteiger partial charge is 0.493 e. The van der Waals surface area contributed by atoms with Crippen LogP contribution in [0.3, 0.4) is 0 Å². The van der Waals surface area contributed by atoms with E-state index in [-0.39, 0.29) is 11.9 Å². The lowest BCUT2D eigenvalue weighted by atomic mass is 10.0. The summed E-state index contributed by atoms with van der Waals surface area (Å²) >= 11 is 1.58. The standard InChI is InChI=1S/C18H22N2O3S/c1-12-19-14(11-24-12)10-18(21)20-8-4-5-15(20)13-6-7-16(22-2)17(9-13)23-3/h6-7,9,11,15H,4-5,8,10H2,1-3H3. The minimum absolute atomic E-state index is 0.0945. The van der Waals surface area contributed by atoms with E-state index in [1.807, 2.05) is 35.4 Å². The molecular weight excluding hydrogens is 324 g/mol. The molecule has 0 radical (unpaired) electrons. The van der Waals surface area contributed by atoms with E-state index in [9.17, 15) is 4.79 Å². The van der Waals surface area contributed by atoms with Gasteiger partial charge in [0, 0.05) is 11.9 Å². The van der Waals surface area contributed by atoms with E-state index >= 15 is 0 Å². The molecule has 0 aliphatic carbocycles. The van der Waals surface area contributed by atoms with E-state index < -0.39 is 0 Å². The summed E-state index contributed by atoms with van der Waals surface area (Å²) < 4.78 is 10.7. The molecule has 1 aromatic carbocycles. The Balaban J connectivity index is 1.78. The van der Waals surface area contributed by atoms with Crippen molar-refractivity contribution in [3.05, 3.63) is 39.8 Å². The topological polar surface area (TPSA) is 51.7 Å². The lowest BCUT2D eigenvalue weighted by Gasteiger charge is -2.25. The highest BCUT2D eigenvalue weighted by molar-refractivity contribution is 7.09. The molecule has 0 saturated carbocycles. The first-order valence-electron chi connectivity index (χ1n) is 8.04. The molecule has 6 heteroatoms. The van der Waals surface area contributed by atoms with Crippen molar-refractivity contribution in [3.63, 3.8) is 0 Å². The third-order valence-electron chi connectivity index (χ3n) is 4.36. The van der Waals surface area contributed by atoms with Crippen molar-refractivity contribution in [2.24, 2.45) is 0 Å². The van der Waals surface area contributed by atoms with Crippen LogP contribution in [0.25, 0.3) is 0 Å². The van der Waals surface area contributed by atoms with E-state index in [1.54, 1.807) is 25.6 Å². The second-order valence-corrected chi connectivity index (χ2v) is 6.96. The van der Waals surface area contributed by atoms with E-state index in [2.05, 4.69) is 4.98 Å². The first kappa shape index (κ1) is 16.8. The summed E-state index contributed by atoms with van der Waals surface area (Å²) in [5.41, 5.74) is 1.95. The number of likely N-dealkylation sites (tertiary alicyclic amines) is 1. The number of aromatic nitrogens is 1. The number of amides is 1. The molecule has 24 heavy (non-hydrogen) atoms. The quantitative estimate of drug-likeness (QED) is 0.833. The summed E-state index contributed by atoms with van der Waals surface area (Å²) in [6.07, 6.45) is 2.35. The monoisotopic (exact) mass is 346 g/mol. The summed E-state index contributed by atoms with van der Waals surface area (Å²) in [6, 6.07) is 5.99. The maximum Gasteiger partial charge on any atom is 0.229 e. The fourth-order valence-electron chi connectivity index (χ4n) is 3.22. The molecule has 2 heterocycles. The molecule has 0 spiro atoms. The first-order valence-corrected chi connectivity index (χ1v) is 8.92. The van der Waals surface area contributed by atoms with Crippen molar-refractivity contribution in [2.45, 2.75) is 32.2 Å². The Hall–Kier alpha value is -2.08. The van der Waals surface area contributed by atoms with E-state index in [0.29, 0.717) is 17.9 Å². The fourth-order valence-corrected chi connectivity index (χ4v) is 3.83. The Labute approximate surface area is 146 Å². The molecule has 1 fully saturated rings. The molecule has 3 rings (SSSR count). The first-order chi connectivity index (χ1) is 11.6. The van der Waals surface area contributed by atoms with Crippen molar-refractivity contribution in [1.29, 1.82) is 0 Å². The van der Waals surface area contributed by atoms with Crippen LogP contribution in [0.4, 0.5) is 0 Å². The van der Waals surface area contributed by atoms with Crippen molar-refractivity contribution in [3.8, 4) is 11.5 Å². The minimum Gasteiger partial charge on any atom is -0.493 e. The number of aryl methyl sites for hydroxylation is 1. The van der Waals surface area contributed by atoms with E-state index in [4.69, 9.17) is 9.47 Å². The summed E-state index contributed by atoms with van der Waals surface area (Å²) in [4.78, 5) is 19.1. The number of hydrogen-bond acceptors (Lipinski definition) is 5. The van der Waals surface area contributed by atoms with Gasteiger partial charge in [0.25, 0.3) is 0 Å². The summed E-state index contributed by atoms with van der Waals surface area (Å²) in [5, 5.41) is 2.96. The molecule has 0 N–H and O–H groups in total. The van der Waals surface area contributed by atoms with Crippen LogP contribution in [0.1, 0.15) is 35.1 Å². The Morgan fingerprint density at radius 2 is 2.12 bits per heavy atom. The molecule has 0 bridgehead atoms. The Kier molecular flexibility index (Phi) is 5.04. The smallest absolute Gasteiger partial charge is 0.229 e. The number of nitrogens with zero attached hydrogens (tertiary/aromatic N) is 2. The molecule has 1 aromatic heterocycles. The van der Waals surface area contributed by atoms with E-state index in [0.717, 1.165) is 35.7 Å². The van der Waals surface area contributed by atoms with Crippen LogP contribution in [0.15, 0.2) is 23.6 Å². The van der Waals surface area contributed by atoms with Crippen LogP contribution < -0.4 is 9.47 Å². The molecule has 1 aliphatic heterocycles. The van der Waals surface area contributed by atoms with Gasteiger partial charge in [0.15, 0.2) is 11.5 Å². The highest BCUT2D eigenvalue weighted by atomic mass is 32.1. The summed E-state index contributed by atoms with van der Waals surface area (Å²) in [7, 11) is 3.25. The highest BCUT2D eigenvalue weighted by Crippen LogP contribution is 2.37. The number of rotatable bonds is 5. The third-order valence-corrected chi connectivity index (χ3v) is 5.19. The lowest BCUT2D eigenvalue weighted by Crippen LogP contribution is -2.31. The fraction of sp³-hybridized carbons (Fsp3) is 0.444. The van der Waals surface area contributed by atoms with Gasteiger partial charge in [-0.05, 0) is 37.5 Å². The predicted molar refractivity (Wildman–Crippen MR) is 93.8 cm³/mol. The van der Waals surface area contributed by atoms with E-state index in [1.165, 1.54) is 0 Å². The number of carbonyl (C=O) groups is 1. The van der Waals surface area contributed by atoms with Gasteiger partial charge >= 0.3 is 0 Å². The van der Waals surface area contributed by atoms with Crippen molar-refractivity contribution in [1.82, 2.24) is 9.88 Å². The average molecular weight is 346 g/mol. The molecule has 1 unspecified atom stereocenters. The zero-order valence-electron chi connectivity index (χ0n) is 14.2. The normalized spacial score (nSPS) is 17.1. The van der Waals surface area contributed by atoms with Crippen LogP contribution >= 0.6 is 11.3 Å². The third kappa shape index (κ3) is 3.38. The number of carbonyl (C=O) groups excluding carboxylic acids is 1. The maximum absolute atomic E-state index is 12.7. The zero-order chi connectivity index (χ0) is 17.1. The van der Waals surface area contributed by atoms with Crippen LogP contribution in [-0.2, 0) is 11.2 Å². The van der Waals surface area contributed by atoms with Crippen molar-refractivity contribution >= 4 is 17.2 Å². The van der Waals surface area contributed by atoms with Crippen LogP contribution in [0.5, 0.6) is 11.5 Å². The molecule has 128 valence electrons. The van der Waals surface area contributed by atoms with Gasteiger partial charge in [-0.15, -0.1) is 11.3 Å². The van der Waals surface area contributed by atoms with Crippen molar-refractivity contribution < 1.29 is 14.3 Å². The van der Waals surface area contributed by atoms with Gasteiger partial charge in [-0.25, -0.2) is 4.98 Å². The highest BCUT2D eigenvalue weighted by Gasteiger charge is 2.30. The molecule has 2 aromatic rings. The number of thiazole rings is 1. The Morgan fingerprint density at radius 3 is 2.79 bits per heavy atom. The number of ether oxygens (including phenoxy) is 2. The van der Waals surface area contributed by atoms with Crippen LogP contribution in [0.2, 0.25) is 0 Å². The maximum atomic E-state index is 12.7. The number of hydrogen-bond donors (Lipinski definition) is 0. The zero-order valence-corrected chi connectivity index (χ0v) is 15.1. The molecular formula is C18H22N2O3S. The Morgan fingerprint density at radius 1 is 1.33 bits per heavy atom. The SMILES string of the molecule is COc1ccc(C2CCCN2C(=O)Cc2csc(C)n2)cc1OC. The molecule has 1 saturated heterocycles. The van der Waals surface area contributed by atoms with Crippen LogP contribution in [0, 0.1) is 6.92 Å². The predicted octanol–water partition coefficient (Wildman–Crippen LogP) is 3.37. The summed E-state index contributed by atoms with van der Waals surface area (Å²) in [5.74, 6) is 1.54. The van der Waals surface area contributed by atoms with Gasteiger partial charge < -0.3 is 14.4 Å². The van der Waals surface area contributed by atoms with Crippen LogP contribution in [-0.4, -0.2) is 36.6 Å². The molecule has 1 atom stereocenters. The van der Waals surface area contributed by atoms with Gasteiger partial charge in [0.05, 0.1) is 37.4 Å². The second-order valence-electron chi connectivity index (χ2n) is 5.89. The molecule has 1 aliphatic rings. The average Bonchev–Trinajstić information content (AvgIpc) is 3.23. The van der Waals surface area contributed by atoms with Gasteiger partial charge in [-0.2, -0.15) is 0 Å². The van der Waals surface area contributed by atoms with Crippen molar-refractivity contribution in [2.75, 3.05) is 20.8 Å².